The minimum atomic E-state index is -0.577. The normalized spacial score (nSPS) is 14.2. The summed E-state index contributed by atoms with van der Waals surface area (Å²) in [5, 5.41) is 14.6. The van der Waals surface area contributed by atoms with E-state index in [2.05, 4.69) is 11.4 Å². The number of aliphatic hydroxyl groups excluding tert-OH is 1. The Labute approximate surface area is 124 Å². The standard InChI is InChI=1S/C14H24N2O3S/c1-11(16(2)9-12(17)10-19-3)14(18)15-7-6-13-5-4-8-20-13/h4-5,8,11-12,17H,6-7,9-10H2,1-3H3,(H,15,18). The van der Waals surface area contributed by atoms with Crippen LogP contribution >= 0.6 is 11.3 Å². The van der Waals surface area contributed by atoms with Crippen molar-refractivity contribution in [2.24, 2.45) is 0 Å². The number of likely N-dealkylation sites (N-methyl/N-ethyl adjacent to an activating group) is 1. The fourth-order valence-electron chi connectivity index (χ4n) is 1.85. The van der Waals surface area contributed by atoms with Crippen LogP contribution in [0.5, 0.6) is 0 Å². The Morgan fingerprint density at radius 3 is 2.95 bits per heavy atom. The summed E-state index contributed by atoms with van der Waals surface area (Å²) >= 11 is 1.69. The van der Waals surface area contributed by atoms with E-state index in [0.29, 0.717) is 13.1 Å². The van der Waals surface area contributed by atoms with E-state index in [1.54, 1.807) is 18.4 Å². The maximum atomic E-state index is 12.0. The highest BCUT2D eigenvalue weighted by Crippen LogP contribution is 2.08. The highest BCUT2D eigenvalue weighted by molar-refractivity contribution is 7.09. The number of nitrogens with one attached hydrogen (secondary N) is 1. The van der Waals surface area contributed by atoms with Gasteiger partial charge in [0.15, 0.2) is 0 Å². The SMILES string of the molecule is COCC(O)CN(C)C(C)C(=O)NCCc1cccs1. The maximum Gasteiger partial charge on any atom is 0.237 e. The predicted octanol–water partition coefficient (Wildman–Crippen LogP) is 0.734. The Kier molecular flexibility index (Phi) is 7.76. The van der Waals surface area contributed by atoms with Gasteiger partial charge in [-0.3, -0.25) is 9.69 Å². The molecule has 5 nitrogen and oxygen atoms in total. The smallest absolute Gasteiger partial charge is 0.237 e. The largest absolute Gasteiger partial charge is 0.389 e. The first-order valence-electron chi connectivity index (χ1n) is 6.72. The van der Waals surface area contributed by atoms with Crippen LogP contribution in [0.15, 0.2) is 17.5 Å². The number of hydrogen-bond donors (Lipinski definition) is 2. The average Bonchev–Trinajstić information content (AvgIpc) is 2.91. The molecule has 6 heteroatoms. The van der Waals surface area contributed by atoms with Crippen LogP contribution in [0.25, 0.3) is 0 Å². The maximum absolute atomic E-state index is 12.0. The molecule has 0 radical (unpaired) electrons. The van der Waals surface area contributed by atoms with Gasteiger partial charge in [0.2, 0.25) is 5.91 Å². The Bertz CT molecular complexity index is 384. The highest BCUT2D eigenvalue weighted by Gasteiger charge is 2.19. The summed E-state index contributed by atoms with van der Waals surface area (Å²) < 4.78 is 4.87. The van der Waals surface area contributed by atoms with Crippen molar-refractivity contribution in [3.05, 3.63) is 22.4 Å². The molecule has 0 aliphatic rings. The van der Waals surface area contributed by atoms with Crippen LogP contribution in [-0.2, 0) is 16.0 Å². The second kappa shape index (κ2) is 9.07. The zero-order valence-electron chi connectivity index (χ0n) is 12.3. The second-order valence-electron chi connectivity index (χ2n) is 4.85. The Morgan fingerprint density at radius 1 is 1.60 bits per heavy atom. The zero-order valence-corrected chi connectivity index (χ0v) is 13.2. The predicted molar refractivity (Wildman–Crippen MR) is 81.0 cm³/mol. The first-order chi connectivity index (χ1) is 9.54. The van der Waals surface area contributed by atoms with E-state index in [0.717, 1.165) is 6.42 Å². The second-order valence-corrected chi connectivity index (χ2v) is 5.88. The number of ether oxygens (including phenoxy) is 1. The minimum Gasteiger partial charge on any atom is -0.389 e. The molecule has 1 heterocycles. The number of carbonyl (C=O) groups excluding carboxylic acids is 1. The quantitative estimate of drug-likeness (QED) is 0.706. The number of methoxy groups -OCH3 is 1. The van der Waals surface area contributed by atoms with Gasteiger partial charge in [-0.05, 0) is 31.8 Å². The van der Waals surface area contributed by atoms with Crippen LogP contribution in [0, 0.1) is 0 Å². The van der Waals surface area contributed by atoms with E-state index in [9.17, 15) is 9.90 Å². The van der Waals surface area contributed by atoms with Gasteiger partial charge in [-0.1, -0.05) is 6.07 Å². The molecule has 2 unspecified atom stereocenters. The molecule has 2 atom stereocenters. The van der Waals surface area contributed by atoms with Crippen molar-refractivity contribution in [2.75, 3.05) is 33.9 Å². The molecule has 0 fully saturated rings. The summed E-state index contributed by atoms with van der Waals surface area (Å²) in [5.74, 6) is -0.0197. The number of rotatable bonds is 9. The van der Waals surface area contributed by atoms with Crippen LogP contribution in [-0.4, -0.2) is 61.9 Å². The van der Waals surface area contributed by atoms with E-state index in [-0.39, 0.29) is 18.6 Å². The summed E-state index contributed by atoms with van der Waals surface area (Å²) in [4.78, 5) is 15.1. The summed E-state index contributed by atoms with van der Waals surface area (Å²) in [6, 6.07) is 3.80. The molecule has 1 amide bonds. The summed E-state index contributed by atoms with van der Waals surface area (Å²) in [6.07, 6.45) is 0.276. The molecule has 114 valence electrons. The van der Waals surface area contributed by atoms with Crippen LogP contribution < -0.4 is 5.32 Å². The van der Waals surface area contributed by atoms with Gasteiger partial charge in [0.25, 0.3) is 0 Å². The highest BCUT2D eigenvalue weighted by atomic mass is 32.1. The lowest BCUT2D eigenvalue weighted by molar-refractivity contribution is -0.125. The van der Waals surface area contributed by atoms with E-state index >= 15 is 0 Å². The summed E-state index contributed by atoms with van der Waals surface area (Å²) in [6.45, 7) is 3.16. The van der Waals surface area contributed by atoms with Crippen molar-refractivity contribution in [3.63, 3.8) is 0 Å². The fourth-order valence-corrected chi connectivity index (χ4v) is 2.56. The van der Waals surface area contributed by atoms with Crippen molar-refractivity contribution in [1.29, 1.82) is 0 Å². The summed E-state index contributed by atoms with van der Waals surface area (Å²) in [5.41, 5.74) is 0. The molecule has 20 heavy (non-hydrogen) atoms. The molecule has 1 rings (SSSR count). The Morgan fingerprint density at radius 2 is 2.35 bits per heavy atom. The van der Waals surface area contributed by atoms with Crippen molar-refractivity contribution in [2.45, 2.75) is 25.5 Å². The molecular formula is C14H24N2O3S. The monoisotopic (exact) mass is 300 g/mol. The topological polar surface area (TPSA) is 61.8 Å². The number of nitrogens with zero attached hydrogens (tertiary/aromatic N) is 1. The van der Waals surface area contributed by atoms with Gasteiger partial charge in [0.05, 0.1) is 18.8 Å². The lowest BCUT2D eigenvalue weighted by Gasteiger charge is -2.25. The van der Waals surface area contributed by atoms with Crippen molar-refractivity contribution < 1.29 is 14.6 Å². The molecule has 1 aromatic rings. The third-order valence-electron chi connectivity index (χ3n) is 3.15. The molecule has 0 saturated carbocycles. The molecule has 0 aliphatic carbocycles. The molecule has 0 spiro atoms. The Hall–Kier alpha value is -0.950. The molecule has 0 aromatic carbocycles. The molecule has 0 saturated heterocycles. The average molecular weight is 300 g/mol. The number of hydrogen-bond acceptors (Lipinski definition) is 5. The van der Waals surface area contributed by atoms with Crippen molar-refractivity contribution >= 4 is 17.2 Å². The third-order valence-corrected chi connectivity index (χ3v) is 4.09. The molecule has 1 aromatic heterocycles. The van der Waals surface area contributed by atoms with E-state index in [1.807, 2.05) is 30.3 Å². The number of carbonyl (C=O) groups is 1. The van der Waals surface area contributed by atoms with Gasteiger partial charge in [0.1, 0.15) is 0 Å². The first-order valence-corrected chi connectivity index (χ1v) is 7.60. The van der Waals surface area contributed by atoms with Crippen LogP contribution in [0.3, 0.4) is 0 Å². The number of thiophene rings is 1. The lowest BCUT2D eigenvalue weighted by Crippen LogP contribution is -2.46. The fraction of sp³-hybridized carbons (Fsp3) is 0.643. The number of amides is 1. The van der Waals surface area contributed by atoms with Gasteiger partial charge in [-0.15, -0.1) is 11.3 Å². The summed E-state index contributed by atoms with van der Waals surface area (Å²) in [7, 11) is 3.37. The van der Waals surface area contributed by atoms with Crippen molar-refractivity contribution in [3.8, 4) is 0 Å². The van der Waals surface area contributed by atoms with Gasteiger partial charge in [-0.25, -0.2) is 0 Å². The third kappa shape index (κ3) is 6.00. The van der Waals surface area contributed by atoms with Crippen LogP contribution in [0.2, 0.25) is 0 Å². The van der Waals surface area contributed by atoms with E-state index in [4.69, 9.17) is 4.74 Å². The molecule has 0 aliphatic heterocycles. The van der Waals surface area contributed by atoms with Gasteiger partial charge >= 0.3 is 0 Å². The molecular weight excluding hydrogens is 276 g/mol. The number of aliphatic hydroxyl groups is 1. The minimum absolute atomic E-state index is 0.0197. The van der Waals surface area contributed by atoms with Crippen molar-refractivity contribution in [1.82, 2.24) is 10.2 Å². The first kappa shape index (κ1) is 17.1. The molecule has 2 N–H and O–H groups in total. The Balaban J connectivity index is 2.26. The lowest BCUT2D eigenvalue weighted by atomic mass is 10.2. The van der Waals surface area contributed by atoms with E-state index in [1.165, 1.54) is 4.88 Å². The van der Waals surface area contributed by atoms with Gasteiger partial charge in [-0.2, -0.15) is 0 Å². The van der Waals surface area contributed by atoms with Gasteiger partial charge < -0.3 is 15.2 Å². The zero-order chi connectivity index (χ0) is 15.0. The molecule has 0 bridgehead atoms. The van der Waals surface area contributed by atoms with E-state index < -0.39 is 6.10 Å². The van der Waals surface area contributed by atoms with Crippen LogP contribution in [0.1, 0.15) is 11.8 Å². The van der Waals surface area contributed by atoms with Crippen LogP contribution in [0.4, 0.5) is 0 Å². The van der Waals surface area contributed by atoms with Gasteiger partial charge in [0, 0.05) is 25.1 Å².